The van der Waals surface area contributed by atoms with Crippen LogP contribution in [0.15, 0.2) is 18.2 Å². The highest BCUT2D eigenvalue weighted by Crippen LogP contribution is 2.27. The summed E-state index contributed by atoms with van der Waals surface area (Å²) < 4.78 is 10.0. The number of amides is 1. The van der Waals surface area contributed by atoms with Crippen LogP contribution >= 0.6 is 11.6 Å². The fourth-order valence-corrected chi connectivity index (χ4v) is 3.14. The average Bonchev–Trinajstić information content (AvgIpc) is 2.86. The zero-order valence-corrected chi connectivity index (χ0v) is 14.9. The van der Waals surface area contributed by atoms with Crippen LogP contribution in [-0.2, 0) is 9.53 Å². The molecule has 0 spiro atoms. The van der Waals surface area contributed by atoms with Crippen molar-refractivity contribution in [1.29, 1.82) is 5.26 Å². The molecule has 1 amide bonds. The van der Waals surface area contributed by atoms with E-state index in [2.05, 4.69) is 16.1 Å². The van der Waals surface area contributed by atoms with Crippen LogP contribution in [-0.4, -0.2) is 31.1 Å². The molecule has 2 rings (SSSR count). The minimum Gasteiger partial charge on any atom is -0.482 e. The van der Waals surface area contributed by atoms with Crippen molar-refractivity contribution in [3.63, 3.8) is 0 Å². The Bertz CT molecular complexity index is 676. The number of benzene rings is 1. The summed E-state index contributed by atoms with van der Waals surface area (Å²) >= 11 is 6.07. The first-order valence-corrected chi connectivity index (χ1v) is 8.60. The van der Waals surface area contributed by atoms with Crippen molar-refractivity contribution in [2.75, 3.05) is 13.7 Å². The number of nitriles is 1. The number of hydrogen-bond acceptors (Lipinski definition) is 5. The second-order valence-corrected chi connectivity index (χ2v) is 6.49. The molecular weight excluding hydrogens is 344 g/mol. The lowest BCUT2D eigenvalue weighted by atomic mass is 9.92. The van der Waals surface area contributed by atoms with Gasteiger partial charge >= 0.3 is 5.97 Å². The maximum atomic E-state index is 12.2. The zero-order chi connectivity index (χ0) is 18.3. The van der Waals surface area contributed by atoms with Crippen LogP contribution in [0.2, 0.25) is 5.02 Å². The minimum absolute atomic E-state index is 0.208. The van der Waals surface area contributed by atoms with E-state index in [1.54, 1.807) is 0 Å². The molecule has 0 bridgehead atoms. The molecule has 0 aliphatic heterocycles. The Hall–Kier alpha value is -2.26. The van der Waals surface area contributed by atoms with Gasteiger partial charge in [-0.15, -0.1) is 0 Å². The number of nitrogens with one attached hydrogen (secondary N) is 1. The van der Waals surface area contributed by atoms with E-state index in [0.717, 1.165) is 25.7 Å². The Kier molecular flexibility index (Phi) is 6.65. The molecule has 0 saturated heterocycles. The van der Waals surface area contributed by atoms with Crippen molar-refractivity contribution in [2.24, 2.45) is 0 Å². The largest absolute Gasteiger partial charge is 0.482 e. The molecule has 7 heteroatoms. The van der Waals surface area contributed by atoms with Gasteiger partial charge in [-0.25, -0.2) is 4.79 Å². The lowest BCUT2D eigenvalue weighted by molar-refractivity contribution is -0.124. The highest BCUT2D eigenvalue weighted by Gasteiger charge is 2.32. The predicted molar refractivity (Wildman–Crippen MR) is 92.5 cm³/mol. The fourth-order valence-electron chi connectivity index (χ4n) is 2.91. The predicted octanol–water partition coefficient (Wildman–Crippen LogP) is 3.24. The van der Waals surface area contributed by atoms with E-state index in [1.807, 2.05) is 0 Å². The molecule has 134 valence electrons. The molecule has 0 unspecified atom stereocenters. The van der Waals surface area contributed by atoms with Gasteiger partial charge in [0.25, 0.3) is 5.91 Å². The van der Waals surface area contributed by atoms with Crippen LogP contribution in [0.3, 0.4) is 0 Å². The van der Waals surface area contributed by atoms with Gasteiger partial charge in [0.1, 0.15) is 11.3 Å². The van der Waals surface area contributed by atoms with Crippen LogP contribution in [0, 0.1) is 11.3 Å². The molecule has 1 aromatic carbocycles. The minimum atomic E-state index is -0.810. The Morgan fingerprint density at radius 3 is 2.52 bits per heavy atom. The Morgan fingerprint density at radius 2 is 1.96 bits per heavy atom. The Labute approximate surface area is 152 Å². The second-order valence-electron chi connectivity index (χ2n) is 6.08. The molecule has 6 nitrogen and oxygen atoms in total. The first-order chi connectivity index (χ1) is 12.0. The summed E-state index contributed by atoms with van der Waals surface area (Å²) in [5, 5.41) is 12.5. The lowest BCUT2D eigenvalue weighted by Gasteiger charge is -2.26. The number of carbonyl (C=O) groups excluding carboxylic acids is 2. The summed E-state index contributed by atoms with van der Waals surface area (Å²) in [6, 6.07) is 6.69. The molecule has 1 saturated carbocycles. The van der Waals surface area contributed by atoms with Crippen LogP contribution in [0.1, 0.15) is 48.9 Å². The molecule has 1 aliphatic carbocycles. The van der Waals surface area contributed by atoms with Crippen LogP contribution < -0.4 is 10.1 Å². The zero-order valence-electron chi connectivity index (χ0n) is 14.1. The van der Waals surface area contributed by atoms with Crippen LogP contribution in [0.25, 0.3) is 0 Å². The molecule has 25 heavy (non-hydrogen) atoms. The third-order valence-corrected chi connectivity index (χ3v) is 4.56. The standard InChI is InChI=1S/C18H21ClN2O4/c1-24-17(23)13-6-7-15(14(19)10-13)25-11-16(22)21-18(12-20)8-4-2-3-5-9-18/h6-7,10H,2-5,8-9,11H2,1H3,(H,21,22). The van der Waals surface area contributed by atoms with Gasteiger partial charge in [0.2, 0.25) is 0 Å². The van der Waals surface area contributed by atoms with Gasteiger partial charge < -0.3 is 14.8 Å². The maximum absolute atomic E-state index is 12.2. The van der Waals surface area contributed by atoms with E-state index in [0.29, 0.717) is 18.4 Å². The van der Waals surface area contributed by atoms with E-state index >= 15 is 0 Å². The molecule has 0 radical (unpaired) electrons. The topological polar surface area (TPSA) is 88.4 Å². The monoisotopic (exact) mass is 364 g/mol. The summed E-state index contributed by atoms with van der Waals surface area (Å²) in [6.07, 6.45) is 5.33. The number of rotatable bonds is 5. The number of ether oxygens (including phenoxy) is 2. The SMILES string of the molecule is COC(=O)c1ccc(OCC(=O)NC2(C#N)CCCCCC2)c(Cl)c1. The second kappa shape index (κ2) is 8.72. The molecular formula is C18H21ClN2O4. The van der Waals surface area contributed by atoms with E-state index in [9.17, 15) is 14.9 Å². The summed E-state index contributed by atoms with van der Waals surface area (Å²) in [4.78, 5) is 23.6. The smallest absolute Gasteiger partial charge is 0.337 e. The molecule has 0 heterocycles. The van der Waals surface area contributed by atoms with Gasteiger partial charge in [-0.3, -0.25) is 4.79 Å². The van der Waals surface area contributed by atoms with Gasteiger partial charge in [-0.1, -0.05) is 37.3 Å². The van der Waals surface area contributed by atoms with Crippen LogP contribution in [0.5, 0.6) is 5.75 Å². The number of methoxy groups -OCH3 is 1. The van der Waals surface area contributed by atoms with E-state index in [-0.39, 0.29) is 23.3 Å². The van der Waals surface area contributed by atoms with Gasteiger partial charge in [0.15, 0.2) is 6.61 Å². The van der Waals surface area contributed by atoms with Crippen molar-refractivity contribution in [1.82, 2.24) is 5.32 Å². The van der Waals surface area contributed by atoms with Gasteiger partial charge in [-0.05, 0) is 31.0 Å². The summed E-state index contributed by atoms with van der Waals surface area (Å²) in [6.45, 7) is -0.249. The van der Waals surface area contributed by atoms with Crippen molar-refractivity contribution in [3.05, 3.63) is 28.8 Å². The third-order valence-electron chi connectivity index (χ3n) is 4.26. The first kappa shape index (κ1) is 19.1. The van der Waals surface area contributed by atoms with Crippen LogP contribution in [0.4, 0.5) is 0 Å². The van der Waals surface area contributed by atoms with E-state index in [1.165, 1.54) is 25.3 Å². The number of carbonyl (C=O) groups is 2. The van der Waals surface area contributed by atoms with Gasteiger partial charge in [0.05, 0.1) is 23.8 Å². The van der Waals surface area contributed by atoms with Crippen molar-refractivity contribution >= 4 is 23.5 Å². The molecule has 1 N–H and O–H groups in total. The van der Waals surface area contributed by atoms with Crippen molar-refractivity contribution in [2.45, 2.75) is 44.1 Å². The highest BCUT2D eigenvalue weighted by molar-refractivity contribution is 6.32. The quantitative estimate of drug-likeness (QED) is 0.640. The van der Waals surface area contributed by atoms with E-state index in [4.69, 9.17) is 16.3 Å². The summed E-state index contributed by atoms with van der Waals surface area (Å²) in [5.41, 5.74) is -0.513. The summed E-state index contributed by atoms with van der Waals surface area (Å²) in [7, 11) is 1.28. The van der Waals surface area contributed by atoms with Crippen molar-refractivity contribution < 1.29 is 19.1 Å². The molecule has 0 atom stereocenters. The molecule has 1 fully saturated rings. The normalized spacial score (nSPS) is 16.2. The molecule has 1 aromatic rings. The number of esters is 1. The molecule has 1 aliphatic rings. The van der Waals surface area contributed by atoms with Gasteiger partial charge in [0, 0.05) is 0 Å². The maximum Gasteiger partial charge on any atom is 0.337 e. The fraction of sp³-hybridized carbons (Fsp3) is 0.500. The van der Waals surface area contributed by atoms with Gasteiger partial charge in [-0.2, -0.15) is 5.26 Å². The summed E-state index contributed by atoms with van der Waals surface area (Å²) in [5.74, 6) is -0.580. The first-order valence-electron chi connectivity index (χ1n) is 8.22. The molecule has 0 aromatic heterocycles. The average molecular weight is 365 g/mol. The van der Waals surface area contributed by atoms with E-state index < -0.39 is 11.5 Å². The third kappa shape index (κ3) is 5.10. The number of halogens is 1. The Balaban J connectivity index is 1.95. The number of hydrogen-bond donors (Lipinski definition) is 1. The Morgan fingerprint density at radius 1 is 1.28 bits per heavy atom. The van der Waals surface area contributed by atoms with Crippen molar-refractivity contribution in [3.8, 4) is 11.8 Å². The highest BCUT2D eigenvalue weighted by atomic mass is 35.5. The lowest BCUT2D eigenvalue weighted by Crippen LogP contribution is -2.48. The number of nitrogens with zero attached hydrogens (tertiary/aromatic N) is 1.